The molecule has 1 fully saturated rings. The SMILES string of the molecule is O=C(Nc1ccc(O)cc1)c1n[nH]c2ccc(-c3cncc(NC(=O)C4CC4)c3)cc12. The van der Waals surface area contributed by atoms with Gasteiger partial charge in [0.15, 0.2) is 5.69 Å². The van der Waals surface area contributed by atoms with Crippen molar-refractivity contribution in [1.82, 2.24) is 15.2 Å². The molecular weight excluding hydrogens is 394 g/mol. The lowest BCUT2D eigenvalue weighted by molar-refractivity contribution is -0.117. The topological polar surface area (TPSA) is 120 Å². The molecule has 1 aliphatic rings. The summed E-state index contributed by atoms with van der Waals surface area (Å²) in [5.41, 5.74) is 3.86. The van der Waals surface area contributed by atoms with Gasteiger partial charge in [0.1, 0.15) is 5.75 Å². The first-order chi connectivity index (χ1) is 15.1. The minimum Gasteiger partial charge on any atom is -0.508 e. The fraction of sp³-hybridized carbons (Fsp3) is 0.130. The van der Waals surface area contributed by atoms with Crippen molar-refractivity contribution >= 4 is 34.1 Å². The fourth-order valence-electron chi connectivity index (χ4n) is 3.36. The van der Waals surface area contributed by atoms with Crippen LogP contribution in [0.3, 0.4) is 0 Å². The van der Waals surface area contributed by atoms with Crippen molar-refractivity contribution in [2.24, 2.45) is 5.92 Å². The first-order valence-corrected chi connectivity index (χ1v) is 9.91. The van der Waals surface area contributed by atoms with Gasteiger partial charge in [-0.3, -0.25) is 19.7 Å². The standard InChI is InChI=1S/C23H19N5O3/c29-18-6-4-16(5-7-18)25-23(31)21-19-10-14(3-8-20(19)27-28-21)15-9-17(12-24-11-15)26-22(30)13-1-2-13/h3-13,29H,1-2H2,(H,25,31)(H,26,30)(H,27,28). The molecule has 2 aromatic carbocycles. The zero-order chi connectivity index (χ0) is 21.4. The third-order valence-electron chi connectivity index (χ3n) is 5.19. The molecule has 4 aromatic rings. The molecule has 5 rings (SSSR count). The van der Waals surface area contributed by atoms with Crippen LogP contribution < -0.4 is 10.6 Å². The molecule has 0 spiro atoms. The second-order valence-electron chi connectivity index (χ2n) is 7.56. The Morgan fingerprint density at radius 1 is 0.935 bits per heavy atom. The highest BCUT2D eigenvalue weighted by Gasteiger charge is 2.29. The van der Waals surface area contributed by atoms with E-state index in [0.29, 0.717) is 16.8 Å². The Morgan fingerprint density at radius 3 is 2.52 bits per heavy atom. The number of pyridine rings is 1. The van der Waals surface area contributed by atoms with Gasteiger partial charge in [0.2, 0.25) is 5.91 Å². The van der Waals surface area contributed by atoms with Crippen LogP contribution in [0.5, 0.6) is 5.75 Å². The molecule has 31 heavy (non-hydrogen) atoms. The van der Waals surface area contributed by atoms with E-state index in [1.165, 1.54) is 12.1 Å². The van der Waals surface area contributed by atoms with Crippen LogP contribution in [-0.4, -0.2) is 32.1 Å². The van der Waals surface area contributed by atoms with Crippen molar-refractivity contribution in [3.8, 4) is 16.9 Å². The Kier molecular flexibility index (Phi) is 4.59. The quantitative estimate of drug-likeness (QED) is 0.370. The number of aromatic amines is 1. The summed E-state index contributed by atoms with van der Waals surface area (Å²) in [6.45, 7) is 0. The number of benzene rings is 2. The Hall–Kier alpha value is -4.20. The van der Waals surface area contributed by atoms with E-state index in [0.717, 1.165) is 29.5 Å². The third-order valence-corrected chi connectivity index (χ3v) is 5.19. The van der Waals surface area contributed by atoms with Crippen LogP contribution in [0.1, 0.15) is 23.3 Å². The molecule has 0 radical (unpaired) electrons. The number of anilines is 2. The molecule has 8 heteroatoms. The van der Waals surface area contributed by atoms with Crippen LogP contribution in [0.25, 0.3) is 22.0 Å². The van der Waals surface area contributed by atoms with Gasteiger partial charge < -0.3 is 15.7 Å². The summed E-state index contributed by atoms with van der Waals surface area (Å²) in [7, 11) is 0. The lowest BCUT2D eigenvalue weighted by Crippen LogP contribution is -2.13. The van der Waals surface area contributed by atoms with Gasteiger partial charge in [-0.25, -0.2) is 0 Å². The first-order valence-electron chi connectivity index (χ1n) is 9.91. The normalized spacial score (nSPS) is 13.2. The monoisotopic (exact) mass is 413 g/mol. The number of phenols is 1. The van der Waals surface area contributed by atoms with Crippen molar-refractivity contribution < 1.29 is 14.7 Å². The Morgan fingerprint density at radius 2 is 1.74 bits per heavy atom. The number of hydrogen-bond donors (Lipinski definition) is 4. The van der Waals surface area contributed by atoms with E-state index in [-0.39, 0.29) is 29.2 Å². The number of fused-ring (bicyclic) bond motifs is 1. The number of aromatic hydroxyl groups is 1. The zero-order valence-electron chi connectivity index (χ0n) is 16.4. The maximum absolute atomic E-state index is 12.8. The van der Waals surface area contributed by atoms with Crippen LogP contribution in [0.4, 0.5) is 11.4 Å². The van der Waals surface area contributed by atoms with E-state index in [1.807, 2.05) is 24.3 Å². The third kappa shape index (κ3) is 3.95. The molecule has 0 bridgehead atoms. The Bertz CT molecular complexity index is 1290. The number of carbonyl (C=O) groups excluding carboxylic acids is 2. The highest BCUT2D eigenvalue weighted by Crippen LogP contribution is 2.31. The van der Waals surface area contributed by atoms with Crippen molar-refractivity contribution in [3.05, 3.63) is 66.6 Å². The molecule has 4 N–H and O–H groups in total. The van der Waals surface area contributed by atoms with E-state index in [4.69, 9.17) is 0 Å². The summed E-state index contributed by atoms with van der Waals surface area (Å²) in [6, 6.07) is 13.7. The molecule has 1 saturated carbocycles. The Balaban J connectivity index is 1.43. The lowest BCUT2D eigenvalue weighted by atomic mass is 10.0. The molecule has 0 unspecified atom stereocenters. The van der Waals surface area contributed by atoms with Crippen molar-refractivity contribution in [3.63, 3.8) is 0 Å². The molecular formula is C23H19N5O3. The maximum Gasteiger partial charge on any atom is 0.276 e. The van der Waals surface area contributed by atoms with Gasteiger partial charge in [-0.1, -0.05) is 6.07 Å². The first kappa shape index (κ1) is 18.8. The molecule has 2 aromatic heterocycles. The van der Waals surface area contributed by atoms with Crippen molar-refractivity contribution in [1.29, 1.82) is 0 Å². The van der Waals surface area contributed by atoms with E-state index in [1.54, 1.807) is 24.5 Å². The second-order valence-corrected chi connectivity index (χ2v) is 7.56. The lowest BCUT2D eigenvalue weighted by Gasteiger charge is -2.07. The molecule has 1 aliphatic carbocycles. The predicted molar refractivity (Wildman–Crippen MR) is 117 cm³/mol. The van der Waals surface area contributed by atoms with Gasteiger partial charge in [0, 0.05) is 28.8 Å². The summed E-state index contributed by atoms with van der Waals surface area (Å²) < 4.78 is 0. The molecule has 0 saturated heterocycles. The number of rotatable bonds is 5. The summed E-state index contributed by atoms with van der Waals surface area (Å²) in [5.74, 6) is -0.104. The number of nitrogens with one attached hydrogen (secondary N) is 3. The summed E-state index contributed by atoms with van der Waals surface area (Å²) >= 11 is 0. The second kappa shape index (κ2) is 7.56. The number of carbonyl (C=O) groups is 2. The van der Waals surface area contributed by atoms with Gasteiger partial charge in [-0.15, -0.1) is 0 Å². The summed E-state index contributed by atoms with van der Waals surface area (Å²) in [5, 5.41) is 22.8. The predicted octanol–water partition coefficient (Wildman–Crippen LogP) is 3.93. The van der Waals surface area contributed by atoms with Crippen LogP contribution in [0.15, 0.2) is 60.9 Å². The van der Waals surface area contributed by atoms with E-state index < -0.39 is 0 Å². The smallest absolute Gasteiger partial charge is 0.276 e. The molecule has 2 amide bonds. The number of nitrogens with zero attached hydrogens (tertiary/aromatic N) is 2. The summed E-state index contributed by atoms with van der Waals surface area (Å²) in [6.07, 6.45) is 5.21. The van der Waals surface area contributed by atoms with Gasteiger partial charge in [-0.05, 0) is 60.9 Å². The molecule has 154 valence electrons. The number of amides is 2. The van der Waals surface area contributed by atoms with Gasteiger partial charge in [-0.2, -0.15) is 5.10 Å². The largest absolute Gasteiger partial charge is 0.508 e. The fourth-order valence-corrected chi connectivity index (χ4v) is 3.36. The van der Waals surface area contributed by atoms with E-state index in [9.17, 15) is 14.7 Å². The average Bonchev–Trinajstić information content (AvgIpc) is 3.54. The number of phenolic OH excluding ortho intramolecular Hbond substituents is 1. The number of H-pyrrole nitrogens is 1. The average molecular weight is 413 g/mol. The van der Waals surface area contributed by atoms with Crippen molar-refractivity contribution in [2.45, 2.75) is 12.8 Å². The molecule has 2 heterocycles. The van der Waals surface area contributed by atoms with Crippen LogP contribution in [0.2, 0.25) is 0 Å². The Labute approximate surface area is 177 Å². The maximum atomic E-state index is 12.8. The molecule has 8 nitrogen and oxygen atoms in total. The van der Waals surface area contributed by atoms with E-state index in [2.05, 4.69) is 25.8 Å². The van der Waals surface area contributed by atoms with Gasteiger partial charge >= 0.3 is 0 Å². The minimum absolute atomic E-state index is 0.0254. The minimum atomic E-state index is -0.363. The van der Waals surface area contributed by atoms with E-state index >= 15 is 0 Å². The molecule has 0 atom stereocenters. The van der Waals surface area contributed by atoms with Gasteiger partial charge in [0.05, 0.1) is 17.4 Å². The van der Waals surface area contributed by atoms with Crippen LogP contribution >= 0.6 is 0 Å². The van der Waals surface area contributed by atoms with Crippen molar-refractivity contribution in [2.75, 3.05) is 10.6 Å². The summed E-state index contributed by atoms with van der Waals surface area (Å²) in [4.78, 5) is 29.0. The highest BCUT2D eigenvalue weighted by molar-refractivity contribution is 6.11. The van der Waals surface area contributed by atoms with Gasteiger partial charge in [0.25, 0.3) is 5.91 Å². The molecule has 0 aliphatic heterocycles. The zero-order valence-corrected chi connectivity index (χ0v) is 16.4. The number of aromatic nitrogens is 3. The van der Waals surface area contributed by atoms with Crippen LogP contribution in [0, 0.1) is 5.92 Å². The number of hydrogen-bond acceptors (Lipinski definition) is 5. The van der Waals surface area contributed by atoms with Crippen LogP contribution in [-0.2, 0) is 4.79 Å². The highest BCUT2D eigenvalue weighted by atomic mass is 16.3.